The normalized spacial score (nSPS) is 10.4. The van der Waals surface area contributed by atoms with Gasteiger partial charge in [-0.2, -0.15) is 0 Å². The van der Waals surface area contributed by atoms with E-state index in [-0.39, 0.29) is 0 Å². The third-order valence-electron chi connectivity index (χ3n) is 1.95. The average Bonchev–Trinajstić information content (AvgIpc) is 2.73. The largest absolute Gasteiger partial charge is 0.497 e. The molecule has 0 atom stereocenters. The molecule has 16 heavy (non-hydrogen) atoms. The number of methoxy groups -OCH3 is 1. The summed E-state index contributed by atoms with van der Waals surface area (Å²) in [5.41, 5.74) is 0. The Kier molecular flexibility index (Phi) is 4.09. The van der Waals surface area contributed by atoms with E-state index in [2.05, 4.69) is 11.1 Å². The van der Waals surface area contributed by atoms with Crippen molar-refractivity contribution < 1.29 is 4.74 Å². The van der Waals surface area contributed by atoms with Gasteiger partial charge in [0.15, 0.2) is 4.47 Å². The lowest BCUT2D eigenvalue weighted by atomic mass is 10.3. The van der Waals surface area contributed by atoms with E-state index in [0.29, 0.717) is 4.47 Å². The zero-order valence-corrected chi connectivity index (χ0v) is 11.0. The van der Waals surface area contributed by atoms with E-state index in [1.165, 1.54) is 21.1 Å². The molecule has 0 saturated carbocycles. The van der Waals surface area contributed by atoms with Crippen LogP contribution in [0.15, 0.2) is 35.4 Å². The van der Waals surface area contributed by atoms with E-state index in [1.807, 2.05) is 24.4 Å². The molecule has 1 heterocycles. The summed E-state index contributed by atoms with van der Waals surface area (Å²) in [6.07, 6.45) is 1.82. The summed E-state index contributed by atoms with van der Waals surface area (Å²) < 4.78 is 5.77. The summed E-state index contributed by atoms with van der Waals surface area (Å²) in [6.45, 7) is 0. The molecule has 0 bridgehead atoms. The Hall–Kier alpha value is -0.710. The summed E-state index contributed by atoms with van der Waals surface area (Å²) in [5, 5.41) is 0. The van der Waals surface area contributed by atoms with Gasteiger partial charge in [-0.1, -0.05) is 17.7 Å². The Labute approximate surface area is 108 Å². The van der Waals surface area contributed by atoms with Gasteiger partial charge in [0.2, 0.25) is 0 Å². The van der Waals surface area contributed by atoms with Crippen LogP contribution >= 0.6 is 34.7 Å². The second-order valence-electron chi connectivity index (χ2n) is 3.05. The third kappa shape index (κ3) is 3.14. The zero-order chi connectivity index (χ0) is 11.4. The number of thiazole rings is 1. The Morgan fingerprint density at radius 2 is 2.38 bits per heavy atom. The molecule has 0 aliphatic heterocycles. The van der Waals surface area contributed by atoms with Crippen LogP contribution in [-0.4, -0.2) is 12.1 Å². The van der Waals surface area contributed by atoms with Crippen molar-refractivity contribution in [2.45, 2.75) is 10.6 Å². The molecule has 2 nitrogen and oxygen atoms in total. The van der Waals surface area contributed by atoms with E-state index >= 15 is 0 Å². The fourth-order valence-electron chi connectivity index (χ4n) is 1.20. The molecule has 0 saturated heterocycles. The smallest absolute Gasteiger partial charge is 0.183 e. The number of halogens is 1. The van der Waals surface area contributed by atoms with Crippen molar-refractivity contribution in [2.24, 2.45) is 0 Å². The van der Waals surface area contributed by atoms with E-state index in [0.717, 1.165) is 11.5 Å². The lowest BCUT2D eigenvalue weighted by Crippen LogP contribution is -1.82. The molecule has 5 heteroatoms. The van der Waals surface area contributed by atoms with E-state index in [1.54, 1.807) is 18.9 Å². The number of ether oxygens (including phenoxy) is 1. The highest BCUT2D eigenvalue weighted by molar-refractivity contribution is 7.98. The first-order valence-electron chi connectivity index (χ1n) is 4.65. The van der Waals surface area contributed by atoms with Gasteiger partial charge in [-0.05, 0) is 18.2 Å². The number of hydrogen-bond donors (Lipinski definition) is 0. The fourth-order valence-corrected chi connectivity index (χ4v) is 3.14. The standard InChI is InChI=1S/C11H10ClNOS2/c1-14-8-3-2-4-9(5-8)15-7-10-6-13-11(12)16-10/h2-6H,7H2,1H3. The van der Waals surface area contributed by atoms with E-state index in [4.69, 9.17) is 16.3 Å². The zero-order valence-electron chi connectivity index (χ0n) is 8.64. The maximum Gasteiger partial charge on any atom is 0.183 e. The Bertz CT molecular complexity index is 473. The Morgan fingerprint density at radius 1 is 1.50 bits per heavy atom. The van der Waals surface area contributed by atoms with Crippen LogP contribution in [0.4, 0.5) is 0 Å². The second kappa shape index (κ2) is 5.57. The fraction of sp³-hybridized carbons (Fsp3) is 0.182. The quantitative estimate of drug-likeness (QED) is 0.782. The van der Waals surface area contributed by atoms with Crippen molar-refractivity contribution in [3.8, 4) is 5.75 Å². The third-order valence-corrected chi connectivity index (χ3v) is 4.29. The van der Waals surface area contributed by atoms with Gasteiger partial charge in [0, 0.05) is 21.7 Å². The maximum absolute atomic E-state index is 5.77. The second-order valence-corrected chi connectivity index (χ2v) is 5.79. The van der Waals surface area contributed by atoms with Gasteiger partial charge in [0.1, 0.15) is 5.75 Å². The number of nitrogens with zero attached hydrogens (tertiary/aromatic N) is 1. The molecule has 0 aliphatic carbocycles. The lowest BCUT2D eigenvalue weighted by molar-refractivity contribution is 0.413. The van der Waals surface area contributed by atoms with Gasteiger partial charge < -0.3 is 4.74 Å². The highest BCUT2D eigenvalue weighted by atomic mass is 35.5. The monoisotopic (exact) mass is 271 g/mol. The average molecular weight is 272 g/mol. The molecular formula is C11H10ClNOS2. The van der Waals surface area contributed by atoms with Crippen LogP contribution in [0.1, 0.15) is 4.88 Å². The van der Waals surface area contributed by atoms with E-state index < -0.39 is 0 Å². The molecule has 0 radical (unpaired) electrons. The van der Waals surface area contributed by atoms with Gasteiger partial charge in [-0.3, -0.25) is 0 Å². The van der Waals surface area contributed by atoms with Crippen LogP contribution in [0.3, 0.4) is 0 Å². The summed E-state index contributed by atoms with van der Waals surface area (Å²) in [5.74, 6) is 1.77. The summed E-state index contributed by atoms with van der Waals surface area (Å²) in [6, 6.07) is 8.01. The van der Waals surface area contributed by atoms with Crippen LogP contribution in [0.2, 0.25) is 4.47 Å². The molecule has 1 aromatic heterocycles. The minimum atomic E-state index is 0.598. The molecule has 2 rings (SSSR count). The van der Waals surface area contributed by atoms with Crippen LogP contribution in [0.25, 0.3) is 0 Å². The minimum Gasteiger partial charge on any atom is -0.497 e. The van der Waals surface area contributed by atoms with Crippen molar-refractivity contribution in [2.75, 3.05) is 7.11 Å². The van der Waals surface area contributed by atoms with Gasteiger partial charge in [-0.15, -0.1) is 23.1 Å². The first-order valence-corrected chi connectivity index (χ1v) is 6.83. The van der Waals surface area contributed by atoms with Crippen molar-refractivity contribution in [1.82, 2.24) is 4.98 Å². The highest BCUT2D eigenvalue weighted by Gasteiger charge is 2.01. The van der Waals surface area contributed by atoms with Gasteiger partial charge in [0.05, 0.1) is 7.11 Å². The highest BCUT2D eigenvalue weighted by Crippen LogP contribution is 2.29. The van der Waals surface area contributed by atoms with Crippen molar-refractivity contribution in [3.05, 3.63) is 39.8 Å². The number of thioether (sulfide) groups is 1. The molecule has 0 N–H and O–H groups in total. The van der Waals surface area contributed by atoms with Crippen molar-refractivity contribution in [3.63, 3.8) is 0 Å². The van der Waals surface area contributed by atoms with E-state index in [9.17, 15) is 0 Å². The van der Waals surface area contributed by atoms with Crippen molar-refractivity contribution in [1.29, 1.82) is 0 Å². The summed E-state index contributed by atoms with van der Waals surface area (Å²) in [4.78, 5) is 6.37. The number of aromatic nitrogens is 1. The summed E-state index contributed by atoms with van der Waals surface area (Å²) in [7, 11) is 1.67. The topological polar surface area (TPSA) is 22.1 Å². The molecule has 84 valence electrons. The molecule has 0 amide bonds. The molecule has 0 spiro atoms. The molecule has 2 aromatic rings. The minimum absolute atomic E-state index is 0.598. The first-order chi connectivity index (χ1) is 7.78. The van der Waals surface area contributed by atoms with Crippen LogP contribution < -0.4 is 4.74 Å². The number of rotatable bonds is 4. The maximum atomic E-state index is 5.77. The van der Waals surface area contributed by atoms with Gasteiger partial charge >= 0.3 is 0 Å². The predicted molar refractivity (Wildman–Crippen MR) is 69.7 cm³/mol. The predicted octanol–water partition coefficient (Wildman–Crippen LogP) is 4.10. The Morgan fingerprint density at radius 3 is 3.06 bits per heavy atom. The van der Waals surface area contributed by atoms with Crippen LogP contribution in [0, 0.1) is 0 Å². The van der Waals surface area contributed by atoms with Crippen LogP contribution in [-0.2, 0) is 5.75 Å². The van der Waals surface area contributed by atoms with Gasteiger partial charge in [0.25, 0.3) is 0 Å². The molecule has 1 aromatic carbocycles. The molecule has 0 fully saturated rings. The van der Waals surface area contributed by atoms with Crippen LogP contribution in [0.5, 0.6) is 5.75 Å². The number of benzene rings is 1. The summed E-state index contributed by atoms with van der Waals surface area (Å²) >= 11 is 9.04. The first kappa shape index (κ1) is 11.8. The lowest BCUT2D eigenvalue weighted by Gasteiger charge is -2.02. The Balaban J connectivity index is 1.99. The van der Waals surface area contributed by atoms with Crippen molar-refractivity contribution >= 4 is 34.7 Å². The SMILES string of the molecule is COc1cccc(SCc2cnc(Cl)s2)c1. The molecule has 0 aliphatic rings. The van der Waals surface area contributed by atoms with Gasteiger partial charge in [-0.25, -0.2) is 4.98 Å². The molecule has 0 unspecified atom stereocenters. The number of hydrogen-bond acceptors (Lipinski definition) is 4. The molecular weight excluding hydrogens is 262 g/mol.